The van der Waals surface area contributed by atoms with Gasteiger partial charge in [-0.25, -0.2) is 4.79 Å². The summed E-state index contributed by atoms with van der Waals surface area (Å²) in [5.41, 5.74) is 1.07. The summed E-state index contributed by atoms with van der Waals surface area (Å²) in [6.07, 6.45) is 0. The summed E-state index contributed by atoms with van der Waals surface area (Å²) in [7, 11) is 0. The Kier molecular flexibility index (Phi) is 5.95. The van der Waals surface area contributed by atoms with Crippen LogP contribution in [0.2, 0.25) is 0 Å². The van der Waals surface area contributed by atoms with E-state index < -0.39 is 28.3 Å². The minimum absolute atomic E-state index is 0.00378. The van der Waals surface area contributed by atoms with Gasteiger partial charge in [-0.05, 0) is 22.8 Å². The van der Waals surface area contributed by atoms with Crippen LogP contribution in [-0.2, 0) is 15.1 Å². The Bertz CT molecular complexity index is 1310. The predicted octanol–water partition coefficient (Wildman–Crippen LogP) is 2.65. The number of nitrogens with zero attached hydrogens (tertiary/aromatic N) is 3. The van der Waals surface area contributed by atoms with E-state index in [4.69, 9.17) is 0 Å². The van der Waals surface area contributed by atoms with Gasteiger partial charge in [0.2, 0.25) is 5.54 Å². The first-order valence-electron chi connectivity index (χ1n) is 11.5. The van der Waals surface area contributed by atoms with Crippen LogP contribution in [0.1, 0.15) is 5.56 Å². The highest BCUT2D eigenvalue weighted by molar-refractivity contribution is 6.22. The average molecular weight is 486 g/mol. The van der Waals surface area contributed by atoms with Gasteiger partial charge in [-0.1, -0.05) is 66.7 Å². The first-order valence-corrected chi connectivity index (χ1v) is 11.5. The lowest BCUT2D eigenvalue weighted by atomic mass is 9.83. The molecule has 2 aliphatic rings. The first-order chi connectivity index (χ1) is 17.4. The third-order valence-electron chi connectivity index (χ3n) is 6.69. The van der Waals surface area contributed by atoms with Crippen molar-refractivity contribution < 1.29 is 19.3 Å². The summed E-state index contributed by atoms with van der Waals surface area (Å²) in [6.45, 7) is 1.23. The maximum atomic E-state index is 13.3. The quantitative estimate of drug-likeness (QED) is 0.323. The number of urea groups is 1. The van der Waals surface area contributed by atoms with Crippen LogP contribution in [0.5, 0.6) is 0 Å². The van der Waals surface area contributed by atoms with Crippen LogP contribution in [0.3, 0.4) is 0 Å². The number of carbonyl (C=O) groups is 3. The maximum absolute atomic E-state index is 13.3. The van der Waals surface area contributed by atoms with Gasteiger partial charge in [-0.2, -0.15) is 0 Å². The minimum Gasteiger partial charge on any atom is -0.363 e. The largest absolute Gasteiger partial charge is 0.363 e. The van der Waals surface area contributed by atoms with E-state index >= 15 is 0 Å². The molecule has 2 fully saturated rings. The molecule has 182 valence electrons. The molecule has 2 aliphatic heterocycles. The number of barbiturate groups is 1. The smallest absolute Gasteiger partial charge is 0.328 e. The van der Waals surface area contributed by atoms with Crippen LogP contribution in [-0.4, -0.2) is 53.8 Å². The number of para-hydroxylation sites is 2. The third kappa shape index (κ3) is 3.87. The van der Waals surface area contributed by atoms with E-state index in [1.54, 1.807) is 35.2 Å². The molecule has 3 aromatic rings. The Morgan fingerprint density at radius 1 is 0.722 bits per heavy atom. The molecule has 10 nitrogen and oxygen atoms in total. The van der Waals surface area contributed by atoms with Gasteiger partial charge in [0.1, 0.15) is 5.69 Å². The Hall–Kier alpha value is -4.57. The number of nitrogens with one attached hydrogen (secondary N) is 2. The topological polar surface area (TPSA) is 125 Å². The SMILES string of the molecule is O=C1NC(=O)C(c2ccc(-c3ccccc3)cc2)(N2CCN(c3ccccc3[N+](=O)[O-])CC2)C(=O)N1. The third-order valence-corrected chi connectivity index (χ3v) is 6.69. The molecular formula is C26H23N5O5. The number of hydrogen-bond donors (Lipinski definition) is 2. The van der Waals surface area contributed by atoms with Crippen molar-refractivity contribution in [2.24, 2.45) is 0 Å². The van der Waals surface area contributed by atoms with Crippen LogP contribution in [0, 0.1) is 10.1 Å². The summed E-state index contributed by atoms with van der Waals surface area (Å²) < 4.78 is 0. The second-order valence-electron chi connectivity index (χ2n) is 8.61. The summed E-state index contributed by atoms with van der Waals surface area (Å²) in [5.74, 6) is -1.44. The van der Waals surface area contributed by atoms with Crippen LogP contribution in [0.15, 0.2) is 78.9 Å². The van der Waals surface area contributed by atoms with Gasteiger partial charge in [-0.3, -0.25) is 35.2 Å². The molecule has 3 aromatic carbocycles. The zero-order chi connectivity index (χ0) is 25.3. The van der Waals surface area contributed by atoms with Crippen LogP contribution in [0.25, 0.3) is 11.1 Å². The van der Waals surface area contributed by atoms with Crippen molar-refractivity contribution in [2.45, 2.75) is 5.54 Å². The first kappa shape index (κ1) is 23.2. The monoisotopic (exact) mass is 485 g/mol. The lowest BCUT2D eigenvalue weighted by Crippen LogP contribution is -2.73. The highest BCUT2D eigenvalue weighted by atomic mass is 16.6. The van der Waals surface area contributed by atoms with Gasteiger partial charge < -0.3 is 4.90 Å². The fourth-order valence-electron chi connectivity index (χ4n) is 4.96. The van der Waals surface area contributed by atoms with E-state index in [2.05, 4.69) is 10.6 Å². The van der Waals surface area contributed by atoms with Gasteiger partial charge in [0.15, 0.2) is 0 Å². The molecule has 0 atom stereocenters. The molecule has 0 spiro atoms. The number of nitro benzene ring substituents is 1. The zero-order valence-corrected chi connectivity index (χ0v) is 19.2. The fourth-order valence-corrected chi connectivity index (χ4v) is 4.96. The molecule has 0 saturated carbocycles. The second kappa shape index (κ2) is 9.23. The normalized spacial score (nSPS) is 17.9. The summed E-state index contributed by atoms with van der Waals surface area (Å²) in [5, 5.41) is 16.0. The number of rotatable bonds is 5. The van der Waals surface area contributed by atoms with Crippen molar-refractivity contribution in [3.8, 4) is 11.1 Å². The molecule has 0 radical (unpaired) electrons. The van der Waals surface area contributed by atoms with E-state index in [1.165, 1.54) is 6.07 Å². The second-order valence-corrected chi connectivity index (χ2v) is 8.61. The van der Waals surface area contributed by atoms with Crippen LogP contribution < -0.4 is 15.5 Å². The van der Waals surface area contributed by atoms with Gasteiger partial charge in [0.05, 0.1) is 4.92 Å². The Balaban J connectivity index is 1.48. The Morgan fingerprint density at radius 2 is 1.28 bits per heavy atom. The lowest BCUT2D eigenvalue weighted by Gasteiger charge is -2.47. The van der Waals surface area contributed by atoms with Gasteiger partial charge in [0.25, 0.3) is 17.5 Å². The molecule has 2 heterocycles. The fraction of sp³-hybridized carbons (Fsp3) is 0.192. The summed E-state index contributed by atoms with van der Waals surface area (Å²) in [6, 6.07) is 22.5. The van der Waals surface area contributed by atoms with Crippen molar-refractivity contribution >= 4 is 29.2 Å². The number of nitro groups is 1. The van der Waals surface area contributed by atoms with E-state index in [-0.39, 0.29) is 18.8 Å². The molecule has 4 amide bonds. The highest BCUT2D eigenvalue weighted by Crippen LogP contribution is 2.35. The Labute approximate surface area is 206 Å². The van der Waals surface area contributed by atoms with Crippen molar-refractivity contribution in [1.29, 1.82) is 0 Å². The number of hydrogen-bond acceptors (Lipinski definition) is 7. The highest BCUT2D eigenvalue weighted by Gasteiger charge is 2.56. The molecule has 0 aliphatic carbocycles. The van der Waals surface area contributed by atoms with Crippen LogP contribution >= 0.6 is 0 Å². The molecule has 0 aromatic heterocycles. The number of imide groups is 2. The molecule has 0 bridgehead atoms. The van der Waals surface area contributed by atoms with Crippen LogP contribution in [0.4, 0.5) is 16.2 Å². The number of amides is 4. The standard InChI is InChI=1S/C26H23N5O5/c32-23-26(24(33)28-25(34)27-23,20-12-10-19(11-13-20)18-6-2-1-3-7-18)30-16-14-29(15-17-30)21-8-4-5-9-22(21)31(35)36/h1-13H,14-17H2,(H2,27,28,32,33,34). The zero-order valence-electron chi connectivity index (χ0n) is 19.2. The molecule has 10 heteroatoms. The van der Waals surface area contributed by atoms with Crippen molar-refractivity contribution in [3.05, 3.63) is 94.5 Å². The molecule has 0 unspecified atom stereocenters. The van der Waals surface area contributed by atoms with Crippen molar-refractivity contribution in [3.63, 3.8) is 0 Å². The average Bonchev–Trinajstić information content (AvgIpc) is 2.90. The van der Waals surface area contributed by atoms with Gasteiger partial charge in [-0.15, -0.1) is 0 Å². The molecule has 36 heavy (non-hydrogen) atoms. The van der Waals surface area contributed by atoms with Gasteiger partial charge >= 0.3 is 6.03 Å². The minimum atomic E-state index is -1.75. The van der Waals surface area contributed by atoms with E-state index in [9.17, 15) is 24.5 Å². The molecule has 2 N–H and O–H groups in total. The Morgan fingerprint density at radius 3 is 1.89 bits per heavy atom. The molecule has 2 saturated heterocycles. The summed E-state index contributed by atoms with van der Waals surface area (Å²) in [4.78, 5) is 53.3. The number of anilines is 1. The van der Waals surface area contributed by atoms with E-state index in [1.807, 2.05) is 47.4 Å². The van der Waals surface area contributed by atoms with Gasteiger partial charge in [0, 0.05) is 32.2 Å². The van der Waals surface area contributed by atoms with Crippen molar-refractivity contribution in [2.75, 3.05) is 31.1 Å². The van der Waals surface area contributed by atoms with Crippen molar-refractivity contribution in [1.82, 2.24) is 15.5 Å². The summed E-state index contributed by atoms with van der Waals surface area (Å²) >= 11 is 0. The maximum Gasteiger partial charge on any atom is 0.328 e. The lowest BCUT2D eigenvalue weighted by molar-refractivity contribution is -0.384. The van der Waals surface area contributed by atoms with E-state index in [0.717, 1.165) is 11.1 Å². The molecular weight excluding hydrogens is 462 g/mol. The number of carbonyl (C=O) groups excluding carboxylic acids is 3. The van der Waals surface area contributed by atoms with E-state index in [0.29, 0.717) is 24.3 Å². The number of piperazine rings is 1. The number of benzene rings is 3. The predicted molar refractivity (Wildman–Crippen MR) is 132 cm³/mol. The molecule has 5 rings (SSSR count).